The third kappa shape index (κ3) is 2.22. The van der Waals surface area contributed by atoms with E-state index in [1.165, 1.54) is 5.56 Å². The fraction of sp³-hybridized carbons (Fsp3) is 0.0667. The minimum absolute atomic E-state index is 0.310. The molecule has 0 atom stereocenters. The summed E-state index contributed by atoms with van der Waals surface area (Å²) in [5.74, 6) is 0. The summed E-state index contributed by atoms with van der Waals surface area (Å²) in [4.78, 5) is 4.67. The zero-order valence-electron chi connectivity index (χ0n) is 10.3. The molecule has 0 aliphatic carbocycles. The molecule has 19 heavy (non-hydrogen) atoms. The van der Waals surface area contributed by atoms with Crippen molar-refractivity contribution < 1.29 is 0 Å². The number of aromatic nitrogens is 1. The first-order chi connectivity index (χ1) is 9.25. The maximum absolute atomic E-state index is 5.53. The van der Waals surface area contributed by atoms with Gasteiger partial charge in [0.15, 0.2) is 5.11 Å². The van der Waals surface area contributed by atoms with Crippen LogP contribution in [0.1, 0.15) is 5.56 Å². The molecule has 0 radical (unpaired) electrons. The highest BCUT2D eigenvalue weighted by Gasteiger charge is 2.08. The number of nitrogens with two attached hydrogens (primary N) is 1. The van der Waals surface area contributed by atoms with Gasteiger partial charge in [-0.25, -0.2) is 4.98 Å². The zero-order chi connectivity index (χ0) is 13.2. The van der Waals surface area contributed by atoms with E-state index < -0.39 is 0 Å². The molecular weight excluding hydrogens is 254 g/mol. The SMILES string of the molecule is NC(=S)NCc1c2ccccc2nc2ccccc12. The maximum atomic E-state index is 5.53. The number of nitrogens with zero attached hydrogens (tertiary/aromatic N) is 1. The Balaban J connectivity index is 2.29. The van der Waals surface area contributed by atoms with Gasteiger partial charge in [-0.2, -0.15) is 0 Å². The van der Waals surface area contributed by atoms with E-state index >= 15 is 0 Å². The number of benzene rings is 2. The third-order valence-corrected chi connectivity index (χ3v) is 3.28. The van der Waals surface area contributed by atoms with Gasteiger partial charge < -0.3 is 11.1 Å². The Morgan fingerprint density at radius 2 is 1.53 bits per heavy atom. The number of nitrogens with one attached hydrogen (secondary N) is 1. The Bertz CT molecular complexity index is 714. The van der Waals surface area contributed by atoms with Gasteiger partial charge in [0.1, 0.15) is 0 Å². The zero-order valence-corrected chi connectivity index (χ0v) is 11.1. The quantitative estimate of drug-likeness (QED) is 0.554. The number of para-hydroxylation sites is 2. The van der Waals surface area contributed by atoms with Crippen LogP contribution in [0.5, 0.6) is 0 Å². The fourth-order valence-electron chi connectivity index (χ4n) is 2.29. The summed E-state index contributed by atoms with van der Waals surface area (Å²) in [5.41, 5.74) is 8.68. The monoisotopic (exact) mass is 267 g/mol. The second-order valence-electron chi connectivity index (χ2n) is 4.34. The van der Waals surface area contributed by atoms with Crippen molar-refractivity contribution in [1.29, 1.82) is 0 Å². The second kappa shape index (κ2) is 4.82. The lowest BCUT2D eigenvalue weighted by molar-refractivity contribution is 0.935. The molecule has 94 valence electrons. The van der Waals surface area contributed by atoms with Crippen LogP contribution in [0.15, 0.2) is 48.5 Å². The first kappa shape index (κ1) is 11.9. The highest BCUT2D eigenvalue weighted by atomic mass is 32.1. The summed E-state index contributed by atoms with van der Waals surface area (Å²) in [6.45, 7) is 0.610. The van der Waals surface area contributed by atoms with Crippen LogP contribution in [0.3, 0.4) is 0 Å². The standard InChI is InChI=1S/C15H13N3S/c16-15(19)17-9-12-10-5-1-3-7-13(10)18-14-8-4-2-6-11(12)14/h1-8H,9H2,(H3,16,17,19). The molecule has 0 amide bonds. The van der Waals surface area contributed by atoms with E-state index in [0.29, 0.717) is 11.7 Å². The number of hydrogen-bond acceptors (Lipinski definition) is 2. The van der Waals surface area contributed by atoms with Crippen molar-refractivity contribution in [3.05, 3.63) is 54.1 Å². The van der Waals surface area contributed by atoms with Crippen LogP contribution in [0.25, 0.3) is 21.8 Å². The van der Waals surface area contributed by atoms with Gasteiger partial charge in [-0.15, -0.1) is 0 Å². The van der Waals surface area contributed by atoms with Crippen LogP contribution in [0.4, 0.5) is 0 Å². The van der Waals surface area contributed by atoms with E-state index in [-0.39, 0.29) is 0 Å². The smallest absolute Gasteiger partial charge is 0.163 e. The van der Waals surface area contributed by atoms with E-state index in [1.54, 1.807) is 0 Å². The first-order valence-corrected chi connectivity index (χ1v) is 6.46. The molecule has 0 unspecified atom stereocenters. The number of fused-ring (bicyclic) bond motifs is 2. The van der Waals surface area contributed by atoms with E-state index in [1.807, 2.05) is 36.4 Å². The van der Waals surface area contributed by atoms with Gasteiger partial charge >= 0.3 is 0 Å². The minimum atomic E-state index is 0.310. The second-order valence-corrected chi connectivity index (χ2v) is 4.78. The molecule has 3 nitrogen and oxygen atoms in total. The van der Waals surface area contributed by atoms with Crippen LogP contribution < -0.4 is 11.1 Å². The average molecular weight is 267 g/mol. The maximum Gasteiger partial charge on any atom is 0.163 e. The molecule has 3 aromatic rings. The van der Waals surface area contributed by atoms with Crippen molar-refractivity contribution in [2.75, 3.05) is 0 Å². The molecule has 0 saturated carbocycles. The van der Waals surface area contributed by atoms with Crippen LogP contribution in [-0.4, -0.2) is 10.1 Å². The summed E-state index contributed by atoms with van der Waals surface area (Å²) in [6, 6.07) is 16.2. The van der Waals surface area contributed by atoms with Crippen molar-refractivity contribution in [2.45, 2.75) is 6.54 Å². The van der Waals surface area contributed by atoms with Crippen molar-refractivity contribution in [3.63, 3.8) is 0 Å². The molecule has 0 saturated heterocycles. The number of thiocarbonyl (C=S) groups is 1. The molecule has 0 fully saturated rings. The van der Waals surface area contributed by atoms with Crippen LogP contribution in [0.2, 0.25) is 0 Å². The van der Waals surface area contributed by atoms with Gasteiger partial charge in [0.25, 0.3) is 0 Å². The highest BCUT2D eigenvalue weighted by Crippen LogP contribution is 2.25. The lowest BCUT2D eigenvalue weighted by atomic mass is 10.0. The fourth-order valence-corrected chi connectivity index (χ4v) is 2.37. The van der Waals surface area contributed by atoms with E-state index in [0.717, 1.165) is 21.8 Å². The molecule has 0 bridgehead atoms. The molecule has 0 spiro atoms. The van der Waals surface area contributed by atoms with Crippen LogP contribution >= 0.6 is 12.2 Å². The van der Waals surface area contributed by atoms with Gasteiger partial charge in [-0.1, -0.05) is 36.4 Å². The van der Waals surface area contributed by atoms with Crippen molar-refractivity contribution in [1.82, 2.24) is 10.3 Å². The topological polar surface area (TPSA) is 50.9 Å². The summed E-state index contributed by atoms with van der Waals surface area (Å²) < 4.78 is 0. The predicted octanol–water partition coefficient (Wildman–Crippen LogP) is 2.72. The van der Waals surface area contributed by atoms with Gasteiger partial charge in [-0.3, -0.25) is 0 Å². The molecule has 4 heteroatoms. The van der Waals surface area contributed by atoms with E-state index in [2.05, 4.69) is 22.4 Å². The third-order valence-electron chi connectivity index (χ3n) is 3.14. The Morgan fingerprint density at radius 3 is 2.05 bits per heavy atom. The largest absolute Gasteiger partial charge is 0.376 e. The summed E-state index contributed by atoms with van der Waals surface area (Å²) >= 11 is 4.89. The predicted molar refractivity (Wildman–Crippen MR) is 82.9 cm³/mol. The minimum Gasteiger partial charge on any atom is -0.376 e. The summed E-state index contributed by atoms with van der Waals surface area (Å²) in [6.07, 6.45) is 0. The van der Waals surface area contributed by atoms with Crippen molar-refractivity contribution >= 4 is 39.1 Å². The molecule has 1 heterocycles. The molecule has 0 aliphatic heterocycles. The molecule has 3 rings (SSSR count). The van der Waals surface area contributed by atoms with Gasteiger partial charge in [0, 0.05) is 17.3 Å². The molecule has 1 aromatic heterocycles. The van der Waals surface area contributed by atoms with E-state index in [4.69, 9.17) is 18.0 Å². The molecule has 2 aromatic carbocycles. The van der Waals surface area contributed by atoms with Gasteiger partial charge in [0.05, 0.1) is 11.0 Å². The van der Waals surface area contributed by atoms with Crippen molar-refractivity contribution in [3.8, 4) is 0 Å². The molecule has 3 N–H and O–H groups in total. The lowest BCUT2D eigenvalue weighted by Gasteiger charge is -2.11. The Morgan fingerprint density at radius 1 is 1.00 bits per heavy atom. The summed E-state index contributed by atoms with van der Waals surface area (Å²) in [5, 5.41) is 5.60. The highest BCUT2D eigenvalue weighted by molar-refractivity contribution is 7.80. The number of pyridine rings is 1. The Labute approximate surface area is 116 Å². The molecule has 0 aliphatic rings. The van der Waals surface area contributed by atoms with Crippen molar-refractivity contribution in [2.24, 2.45) is 5.73 Å². The van der Waals surface area contributed by atoms with Crippen LogP contribution in [-0.2, 0) is 6.54 Å². The Kier molecular flexibility index (Phi) is 3.01. The van der Waals surface area contributed by atoms with Crippen LogP contribution in [0, 0.1) is 0 Å². The first-order valence-electron chi connectivity index (χ1n) is 6.05. The number of hydrogen-bond donors (Lipinski definition) is 2. The Hall–Kier alpha value is -2.20. The number of rotatable bonds is 2. The van der Waals surface area contributed by atoms with Gasteiger partial charge in [-0.05, 0) is 29.9 Å². The van der Waals surface area contributed by atoms with E-state index in [9.17, 15) is 0 Å². The average Bonchev–Trinajstić information content (AvgIpc) is 2.43. The normalized spacial score (nSPS) is 10.7. The van der Waals surface area contributed by atoms with Gasteiger partial charge in [0.2, 0.25) is 0 Å². The molecular formula is C15H13N3S. The lowest BCUT2D eigenvalue weighted by Crippen LogP contribution is -2.28. The summed E-state index contributed by atoms with van der Waals surface area (Å²) in [7, 11) is 0.